The molecule has 116 valence electrons. The molecule has 3 aliphatic heterocycles. The molecule has 0 aromatic carbocycles. The molecular formula is C14H21N3O4. The van der Waals surface area contributed by atoms with Crippen molar-refractivity contribution in [1.82, 2.24) is 9.91 Å². The van der Waals surface area contributed by atoms with Gasteiger partial charge in [0.1, 0.15) is 5.71 Å². The van der Waals surface area contributed by atoms with Crippen molar-refractivity contribution >= 4 is 17.5 Å². The highest BCUT2D eigenvalue weighted by atomic mass is 16.7. The first kappa shape index (κ1) is 14.5. The lowest BCUT2D eigenvalue weighted by atomic mass is 10.00. The van der Waals surface area contributed by atoms with Gasteiger partial charge in [-0.15, -0.1) is 0 Å². The van der Waals surface area contributed by atoms with E-state index in [4.69, 9.17) is 9.47 Å². The van der Waals surface area contributed by atoms with Crippen LogP contribution in [0, 0.1) is 0 Å². The average molecular weight is 295 g/mol. The predicted molar refractivity (Wildman–Crippen MR) is 74.5 cm³/mol. The number of amides is 2. The van der Waals surface area contributed by atoms with Crippen LogP contribution in [0.1, 0.15) is 32.1 Å². The van der Waals surface area contributed by atoms with Crippen LogP contribution in [0.5, 0.6) is 0 Å². The summed E-state index contributed by atoms with van der Waals surface area (Å²) in [6, 6.07) is -0.0422. The fourth-order valence-electron chi connectivity index (χ4n) is 3.08. The smallest absolute Gasteiger partial charge is 0.270 e. The predicted octanol–water partition coefficient (Wildman–Crippen LogP) is 0.349. The Morgan fingerprint density at radius 1 is 1.24 bits per heavy atom. The van der Waals surface area contributed by atoms with Crippen molar-refractivity contribution in [2.45, 2.75) is 44.4 Å². The van der Waals surface area contributed by atoms with Crippen molar-refractivity contribution in [3.05, 3.63) is 0 Å². The van der Waals surface area contributed by atoms with Crippen LogP contribution in [-0.2, 0) is 19.1 Å². The average Bonchev–Trinajstić information content (AvgIpc) is 3.03. The van der Waals surface area contributed by atoms with Crippen LogP contribution >= 0.6 is 0 Å². The molecule has 0 bridgehead atoms. The van der Waals surface area contributed by atoms with Gasteiger partial charge in [0.05, 0.1) is 19.3 Å². The molecule has 1 unspecified atom stereocenters. The molecule has 0 spiro atoms. The molecule has 1 atom stereocenters. The van der Waals surface area contributed by atoms with E-state index in [-0.39, 0.29) is 24.1 Å². The Hall–Kier alpha value is -1.47. The van der Waals surface area contributed by atoms with Gasteiger partial charge in [0.15, 0.2) is 6.29 Å². The third kappa shape index (κ3) is 2.94. The maximum atomic E-state index is 12.7. The molecule has 0 aliphatic carbocycles. The molecule has 3 rings (SSSR count). The highest BCUT2D eigenvalue weighted by Crippen LogP contribution is 2.25. The van der Waals surface area contributed by atoms with Gasteiger partial charge in [0.2, 0.25) is 5.91 Å². The second-order valence-electron chi connectivity index (χ2n) is 5.64. The SMILES string of the molecule is CN1N=C(C(=O)N2CCCCC2C2OCCO2)CCC1=O. The minimum absolute atomic E-state index is 0.0422. The Kier molecular flexibility index (Phi) is 4.21. The first-order valence-corrected chi connectivity index (χ1v) is 7.55. The fourth-order valence-corrected chi connectivity index (χ4v) is 3.08. The van der Waals surface area contributed by atoms with E-state index < -0.39 is 0 Å². The molecule has 2 fully saturated rings. The van der Waals surface area contributed by atoms with Crippen LogP contribution in [0.25, 0.3) is 0 Å². The quantitative estimate of drug-likeness (QED) is 0.737. The van der Waals surface area contributed by atoms with Crippen molar-refractivity contribution in [3.63, 3.8) is 0 Å². The summed E-state index contributed by atoms with van der Waals surface area (Å²) < 4.78 is 11.2. The van der Waals surface area contributed by atoms with Gasteiger partial charge in [0.25, 0.3) is 5.91 Å². The number of rotatable bonds is 2. The summed E-state index contributed by atoms with van der Waals surface area (Å²) in [7, 11) is 1.59. The molecule has 0 radical (unpaired) electrons. The van der Waals surface area contributed by atoms with Gasteiger partial charge < -0.3 is 14.4 Å². The minimum atomic E-state index is -0.321. The summed E-state index contributed by atoms with van der Waals surface area (Å²) in [4.78, 5) is 26.0. The zero-order valence-electron chi connectivity index (χ0n) is 12.3. The maximum absolute atomic E-state index is 12.7. The Morgan fingerprint density at radius 2 is 2.00 bits per heavy atom. The van der Waals surface area contributed by atoms with Crippen LogP contribution in [0.2, 0.25) is 0 Å². The number of hydrazone groups is 1. The monoisotopic (exact) mass is 295 g/mol. The Bertz CT molecular complexity index is 459. The van der Waals surface area contributed by atoms with E-state index in [2.05, 4.69) is 5.10 Å². The van der Waals surface area contributed by atoms with Crippen molar-refractivity contribution in [2.75, 3.05) is 26.8 Å². The van der Waals surface area contributed by atoms with Gasteiger partial charge in [-0.2, -0.15) is 5.10 Å². The summed E-state index contributed by atoms with van der Waals surface area (Å²) in [5.74, 6) is -0.137. The third-order valence-corrected chi connectivity index (χ3v) is 4.23. The molecule has 0 saturated carbocycles. The number of likely N-dealkylation sites (tertiary alicyclic amines) is 1. The lowest BCUT2D eigenvalue weighted by Crippen LogP contribution is -2.53. The minimum Gasteiger partial charge on any atom is -0.348 e. The molecule has 3 heterocycles. The van der Waals surface area contributed by atoms with Gasteiger partial charge in [0, 0.05) is 26.4 Å². The van der Waals surface area contributed by atoms with Crippen LogP contribution in [0.4, 0.5) is 0 Å². The highest BCUT2D eigenvalue weighted by Gasteiger charge is 2.38. The standard InChI is InChI=1S/C14H21N3O4/c1-16-12(18)6-5-10(15-16)13(19)17-7-3-2-4-11(17)14-20-8-9-21-14/h11,14H,2-9H2,1H3. The van der Waals surface area contributed by atoms with Crippen molar-refractivity contribution in [1.29, 1.82) is 0 Å². The Balaban J connectivity index is 1.75. The molecule has 0 aromatic rings. The van der Waals surface area contributed by atoms with Gasteiger partial charge in [-0.1, -0.05) is 0 Å². The van der Waals surface area contributed by atoms with Gasteiger partial charge in [-0.05, 0) is 19.3 Å². The summed E-state index contributed by atoms with van der Waals surface area (Å²) in [5, 5.41) is 5.39. The first-order chi connectivity index (χ1) is 10.2. The van der Waals surface area contributed by atoms with Crippen molar-refractivity contribution < 1.29 is 19.1 Å². The molecular weight excluding hydrogens is 274 g/mol. The van der Waals surface area contributed by atoms with Crippen LogP contribution in [0.15, 0.2) is 5.10 Å². The summed E-state index contributed by atoms with van der Waals surface area (Å²) in [6.45, 7) is 1.87. The van der Waals surface area contributed by atoms with Gasteiger partial charge >= 0.3 is 0 Å². The number of hydrogen-bond donors (Lipinski definition) is 0. The zero-order chi connectivity index (χ0) is 14.8. The maximum Gasteiger partial charge on any atom is 0.270 e. The molecule has 0 N–H and O–H groups in total. The molecule has 2 amide bonds. The third-order valence-electron chi connectivity index (χ3n) is 4.23. The fraction of sp³-hybridized carbons (Fsp3) is 0.786. The largest absolute Gasteiger partial charge is 0.348 e. The van der Waals surface area contributed by atoms with Crippen LogP contribution in [-0.4, -0.2) is 66.6 Å². The highest BCUT2D eigenvalue weighted by molar-refractivity contribution is 6.39. The number of carbonyl (C=O) groups is 2. The van der Waals surface area contributed by atoms with E-state index in [0.29, 0.717) is 38.3 Å². The number of hydrogen-bond acceptors (Lipinski definition) is 5. The Labute approximate surface area is 123 Å². The van der Waals surface area contributed by atoms with E-state index >= 15 is 0 Å². The number of piperidine rings is 1. The van der Waals surface area contributed by atoms with Crippen LogP contribution in [0.3, 0.4) is 0 Å². The molecule has 7 heteroatoms. The lowest BCUT2D eigenvalue weighted by Gasteiger charge is -2.38. The topological polar surface area (TPSA) is 71.4 Å². The van der Waals surface area contributed by atoms with E-state index in [1.165, 1.54) is 5.01 Å². The molecule has 3 aliphatic rings. The van der Waals surface area contributed by atoms with Crippen LogP contribution < -0.4 is 0 Å². The second kappa shape index (κ2) is 6.11. The number of ether oxygens (including phenoxy) is 2. The van der Waals surface area contributed by atoms with Gasteiger partial charge in [-0.3, -0.25) is 9.59 Å². The van der Waals surface area contributed by atoms with Crippen molar-refractivity contribution in [3.8, 4) is 0 Å². The molecule has 21 heavy (non-hydrogen) atoms. The normalized spacial score (nSPS) is 28.0. The van der Waals surface area contributed by atoms with E-state index in [0.717, 1.165) is 19.3 Å². The van der Waals surface area contributed by atoms with E-state index in [1.807, 2.05) is 4.90 Å². The second-order valence-corrected chi connectivity index (χ2v) is 5.64. The molecule has 0 aromatic heterocycles. The summed E-state index contributed by atoms with van der Waals surface area (Å²) in [5.41, 5.74) is 0.460. The number of nitrogens with zero attached hydrogens (tertiary/aromatic N) is 3. The Morgan fingerprint density at radius 3 is 2.71 bits per heavy atom. The zero-order valence-corrected chi connectivity index (χ0v) is 12.3. The summed E-state index contributed by atoms with van der Waals surface area (Å²) >= 11 is 0. The first-order valence-electron chi connectivity index (χ1n) is 7.55. The number of carbonyl (C=O) groups excluding carboxylic acids is 2. The molecule has 7 nitrogen and oxygen atoms in total. The lowest BCUT2D eigenvalue weighted by molar-refractivity contribution is -0.144. The summed E-state index contributed by atoms with van der Waals surface area (Å²) in [6.07, 6.45) is 3.38. The van der Waals surface area contributed by atoms with Crippen molar-refractivity contribution in [2.24, 2.45) is 5.10 Å². The molecule has 2 saturated heterocycles. The van der Waals surface area contributed by atoms with Gasteiger partial charge in [-0.25, -0.2) is 5.01 Å². The van der Waals surface area contributed by atoms with E-state index in [1.54, 1.807) is 7.05 Å². The van der Waals surface area contributed by atoms with E-state index in [9.17, 15) is 9.59 Å².